The number of allylic oxidation sites excluding steroid dienone is 1. The Morgan fingerprint density at radius 3 is 2.00 bits per heavy atom. The van der Waals surface area contributed by atoms with Gasteiger partial charge in [0.1, 0.15) is 0 Å². The van der Waals surface area contributed by atoms with E-state index in [-0.39, 0.29) is 31.6 Å². The maximum atomic E-state index is 12.7. The summed E-state index contributed by atoms with van der Waals surface area (Å²) in [6.45, 7) is 0. The Morgan fingerprint density at radius 2 is 1.39 bits per heavy atom. The Kier molecular flexibility index (Phi) is 4.10. The topological polar surface area (TPSA) is 63.2 Å². The molecule has 0 atom stereocenters. The van der Waals surface area contributed by atoms with E-state index >= 15 is 0 Å². The molecule has 1 aromatic carbocycles. The van der Waals surface area contributed by atoms with Crippen LogP contribution in [-0.4, -0.2) is 36.0 Å². The maximum absolute atomic E-state index is 12.7. The van der Waals surface area contributed by atoms with Crippen LogP contribution in [-0.2, 0) is 6.42 Å². The van der Waals surface area contributed by atoms with Crippen molar-refractivity contribution in [2.45, 2.75) is 6.42 Å². The second-order valence-corrected chi connectivity index (χ2v) is 9.72. The summed E-state index contributed by atoms with van der Waals surface area (Å²) in [6.07, 6.45) is 6.16. The van der Waals surface area contributed by atoms with E-state index in [9.17, 15) is 9.59 Å². The third-order valence-electron chi connectivity index (χ3n) is 5.56. The van der Waals surface area contributed by atoms with Crippen LogP contribution in [0.5, 0.6) is 0 Å². The van der Waals surface area contributed by atoms with Gasteiger partial charge in [0.2, 0.25) is 0 Å². The average Bonchev–Trinajstić information content (AvgIpc) is 3.36. The molecule has 1 aliphatic heterocycles. The first-order valence-corrected chi connectivity index (χ1v) is 11.6. The van der Waals surface area contributed by atoms with Crippen LogP contribution in [0.25, 0.3) is 6.08 Å². The van der Waals surface area contributed by atoms with Gasteiger partial charge in [0.25, 0.3) is 0 Å². The molecule has 5 nitrogen and oxygen atoms in total. The van der Waals surface area contributed by atoms with Gasteiger partial charge in [-0.2, -0.15) is 0 Å². The molecule has 0 N–H and O–H groups in total. The van der Waals surface area contributed by atoms with Crippen molar-refractivity contribution in [3.8, 4) is 0 Å². The van der Waals surface area contributed by atoms with Crippen LogP contribution in [0.4, 0.5) is 16.2 Å². The number of Topliss-reactive ketones (excluding diaryl/α,β-unsaturated/α-hetero) is 2. The molecule has 1 aliphatic carbocycles. The van der Waals surface area contributed by atoms with Gasteiger partial charge < -0.3 is 0 Å². The Bertz CT molecular complexity index is 1340. The number of rotatable bonds is 2. The van der Waals surface area contributed by atoms with Crippen molar-refractivity contribution in [1.29, 1.82) is 0 Å². The zero-order chi connectivity index (χ0) is 20.9. The van der Waals surface area contributed by atoms with E-state index in [1.54, 1.807) is 42.7 Å². The number of pyridine rings is 2. The predicted octanol–water partition coefficient (Wildman–Crippen LogP) is 4.37. The van der Waals surface area contributed by atoms with Crippen molar-refractivity contribution in [2.75, 3.05) is 4.90 Å². The van der Waals surface area contributed by atoms with Crippen LogP contribution in [0.3, 0.4) is 0 Å². The number of ketones is 2. The first kappa shape index (κ1) is 18.2. The summed E-state index contributed by atoms with van der Waals surface area (Å²) >= 11 is -0.0940. The van der Waals surface area contributed by atoms with Crippen LogP contribution in [0, 0.1) is 0 Å². The van der Waals surface area contributed by atoms with Gasteiger partial charge in [-0.15, -0.1) is 0 Å². The van der Waals surface area contributed by atoms with E-state index in [0.29, 0.717) is 11.1 Å². The van der Waals surface area contributed by atoms with Crippen molar-refractivity contribution in [3.05, 3.63) is 105 Å². The Labute approximate surface area is 184 Å². The molecule has 6 rings (SSSR count). The van der Waals surface area contributed by atoms with Crippen molar-refractivity contribution in [2.24, 2.45) is 0 Å². The molecule has 6 heteroatoms. The van der Waals surface area contributed by atoms with E-state index in [1.165, 1.54) is 0 Å². The van der Waals surface area contributed by atoms with Crippen LogP contribution >= 0.6 is 0 Å². The molecule has 0 spiro atoms. The zero-order valence-electron chi connectivity index (χ0n) is 16.3. The van der Waals surface area contributed by atoms with Crippen LogP contribution in [0.1, 0.15) is 36.3 Å². The van der Waals surface area contributed by atoms with Crippen molar-refractivity contribution >= 4 is 48.3 Å². The summed E-state index contributed by atoms with van der Waals surface area (Å²) in [7, 11) is 0. The third kappa shape index (κ3) is 2.84. The zero-order valence-corrected chi connectivity index (χ0v) is 18.0. The second kappa shape index (κ2) is 6.98. The number of hydrogen-bond donors (Lipinski definition) is 0. The molecule has 4 aromatic rings. The van der Waals surface area contributed by atoms with Crippen molar-refractivity contribution in [1.82, 2.24) is 9.97 Å². The average molecular weight is 468 g/mol. The normalized spacial score (nSPS) is 14.3. The molecule has 0 fully saturated rings. The number of carbonyl (C=O) groups is 2. The number of hydrogen-bond acceptors (Lipinski definition) is 5. The summed E-state index contributed by atoms with van der Waals surface area (Å²) < 4.78 is 2.06. The molecule has 2 aliphatic rings. The standard InChI is InChI=1S/C25H15N3O2Se/c29-22-18-7-1-2-8-19(18)23(30)20(22)14-17-9-10-21(31-17)28-24-15(5-3-11-26-24)13-16-6-4-12-27-25(16)28/h1-12,14H,13H2. The Balaban J connectivity index is 1.43. The summed E-state index contributed by atoms with van der Waals surface area (Å²) in [4.78, 5) is 36.9. The van der Waals surface area contributed by atoms with E-state index in [4.69, 9.17) is 0 Å². The fourth-order valence-electron chi connectivity index (χ4n) is 4.14. The molecule has 148 valence electrons. The molecule has 0 saturated heterocycles. The first-order valence-electron chi connectivity index (χ1n) is 9.88. The number of nitrogens with zero attached hydrogens (tertiary/aromatic N) is 3. The number of anilines is 3. The summed E-state index contributed by atoms with van der Waals surface area (Å²) in [5.74, 6) is 1.40. The third-order valence-corrected chi connectivity index (χ3v) is 7.70. The van der Waals surface area contributed by atoms with E-state index in [2.05, 4.69) is 27.0 Å². The minimum absolute atomic E-state index is 0.0940. The van der Waals surface area contributed by atoms with Crippen LogP contribution < -0.4 is 4.90 Å². The van der Waals surface area contributed by atoms with Gasteiger partial charge >= 0.3 is 185 Å². The van der Waals surface area contributed by atoms with Gasteiger partial charge in [0, 0.05) is 0 Å². The van der Waals surface area contributed by atoms with Gasteiger partial charge in [-0.1, -0.05) is 0 Å². The molecule has 0 bridgehead atoms. The minimum atomic E-state index is -0.192. The SMILES string of the molecule is O=C1C(=Cc2ccc(N3c4ncccc4Cc4cccnc43)[se]2)C(=O)c2ccccc21. The Morgan fingerprint density at radius 1 is 0.774 bits per heavy atom. The number of fused-ring (bicyclic) bond motifs is 3. The summed E-state index contributed by atoms with van der Waals surface area (Å²) in [6, 6.07) is 19.1. The molecule has 4 heterocycles. The van der Waals surface area contributed by atoms with Gasteiger partial charge in [-0.3, -0.25) is 0 Å². The number of benzene rings is 1. The molecular formula is C25H15N3O2Se. The van der Waals surface area contributed by atoms with Crippen LogP contribution in [0.2, 0.25) is 0 Å². The number of aromatic nitrogens is 2. The van der Waals surface area contributed by atoms with Crippen molar-refractivity contribution < 1.29 is 9.59 Å². The molecule has 31 heavy (non-hydrogen) atoms. The van der Waals surface area contributed by atoms with E-state index < -0.39 is 0 Å². The number of carbonyl (C=O) groups excluding carboxylic acids is 2. The second-order valence-electron chi connectivity index (χ2n) is 7.42. The van der Waals surface area contributed by atoms with Crippen LogP contribution in [0.15, 0.2) is 78.6 Å². The summed E-state index contributed by atoms with van der Waals surface area (Å²) in [5.41, 5.74) is 3.54. The first-order chi connectivity index (χ1) is 15.2. The van der Waals surface area contributed by atoms with E-state index in [1.807, 2.05) is 24.3 Å². The molecule has 0 unspecified atom stereocenters. The molecule has 3 aromatic heterocycles. The predicted molar refractivity (Wildman–Crippen MR) is 120 cm³/mol. The van der Waals surface area contributed by atoms with Gasteiger partial charge in [0.05, 0.1) is 0 Å². The molecular weight excluding hydrogens is 453 g/mol. The summed E-state index contributed by atoms with van der Waals surface area (Å²) in [5, 5.41) is 0. The Hall–Kier alpha value is -3.60. The van der Waals surface area contributed by atoms with Gasteiger partial charge in [-0.05, 0) is 0 Å². The van der Waals surface area contributed by atoms with E-state index in [0.717, 1.165) is 38.2 Å². The quantitative estimate of drug-likeness (QED) is 0.219. The van der Waals surface area contributed by atoms with Gasteiger partial charge in [-0.25, -0.2) is 0 Å². The molecule has 0 radical (unpaired) electrons. The molecule has 0 amide bonds. The molecule has 0 saturated carbocycles. The van der Waals surface area contributed by atoms with Crippen molar-refractivity contribution in [3.63, 3.8) is 0 Å². The fraction of sp³-hybridized carbons (Fsp3) is 0.0400. The van der Waals surface area contributed by atoms with Gasteiger partial charge in [0.15, 0.2) is 0 Å². The fourth-order valence-corrected chi connectivity index (χ4v) is 6.14. The monoisotopic (exact) mass is 469 g/mol.